The molecule has 1 aliphatic rings. The quantitative estimate of drug-likeness (QED) is 0.538. The third-order valence-corrected chi connectivity index (χ3v) is 4.03. The van der Waals surface area contributed by atoms with Gasteiger partial charge in [0.2, 0.25) is 0 Å². The van der Waals surface area contributed by atoms with Gasteiger partial charge in [0, 0.05) is 24.7 Å². The molecule has 3 aromatic rings. The highest BCUT2D eigenvalue weighted by Crippen LogP contribution is 2.40. The Morgan fingerprint density at radius 2 is 2.12 bits per heavy atom. The van der Waals surface area contributed by atoms with Crippen molar-refractivity contribution in [1.29, 1.82) is 0 Å². The molecule has 2 heterocycles. The van der Waals surface area contributed by atoms with Crippen LogP contribution in [0, 0.1) is 6.92 Å². The lowest BCUT2D eigenvalue weighted by Crippen LogP contribution is -2.13. The number of carbonyl (C=O) groups is 1. The first kappa shape index (κ1) is 15.4. The summed E-state index contributed by atoms with van der Waals surface area (Å²) in [6, 6.07) is 7.16. The van der Waals surface area contributed by atoms with Crippen molar-refractivity contribution in [3.63, 3.8) is 0 Å². The van der Waals surface area contributed by atoms with Crippen LogP contribution in [-0.4, -0.2) is 30.7 Å². The van der Waals surface area contributed by atoms with Crippen molar-refractivity contribution >= 4 is 5.97 Å². The molecule has 0 bridgehead atoms. The van der Waals surface area contributed by atoms with E-state index in [-0.39, 0.29) is 0 Å². The summed E-state index contributed by atoms with van der Waals surface area (Å²) in [5, 5.41) is 4.26. The fourth-order valence-corrected chi connectivity index (χ4v) is 2.65. The summed E-state index contributed by atoms with van der Waals surface area (Å²) in [5.41, 5.74) is 2.02. The molecule has 1 aromatic carbocycles. The maximum Gasteiger partial charge on any atom is 0.346 e. The molecule has 0 radical (unpaired) electrons. The molecule has 0 saturated heterocycles. The first-order chi connectivity index (χ1) is 12.1. The molecule has 4 rings (SSSR count). The van der Waals surface area contributed by atoms with Gasteiger partial charge in [-0.15, -0.1) is 0 Å². The average Bonchev–Trinajstić information content (AvgIpc) is 3.36. The molecule has 0 atom stereocenters. The molecule has 0 aliphatic heterocycles. The molecule has 0 spiro atoms. The molecule has 2 aromatic heterocycles. The largest absolute Gasteiger partial charge is 0.423 e. The topological polar surface area (TPSA) is 82.8 Å². The van der Waals surface area contributed by atoms with E-state index in [1.165, 1.54) is 0 Å². The number of esters is 1. The molecular weight excluding hydrogens is 318 g/mol. The van der Waals surface area contributed by atoms with Crippen LogP contribution in [0.1, 0.15) is 40.6 Å². The van der Waals surface area contributed by atoms with Gasteiger partial charge in [-0.1, -0.05) is 12.1 Å². The van der Waals surface area contributed by atoms with E-state index < -0.39 is 5.97 Å². The number of aryl methyl sites for hydroxylation is 2. The number of rotatable bonds is 4. The zero-order valence-electron chi connectivity index (χ0n) is 14.0. The number of hydrogen-bond donors (Lipinski definition) is 0. The maximum absolute atomic E-state index is 12.6. The zero-order valence-corrected chi connectivity index (χ0v) is 14.0. The van der Waals surface area contributed by atoms with Gasteiger partial charge in [-0.25, -0.2) is 19.7 Å². The molecule has 0 amide bonds. The molecule has 7 heteroatoms. The first-order valence-corrected chi connectivity index (χ1v) is 8.12. The van der Waals surface area contributed by atoms with E-state index in [0.29, 0.717) is 28.9 Å². The van der Waals surface area contributed by atoms with Gasteiger partial charge in [0.1, 0.15) is 23.5 Å². The van der Waals surface area contributed by atoms with Gasteiger partial charge in [0.25, 0.3) is 0 Å². The fraction of sp³-hybridized carbons (Fsp3) is 0.278. The number of benzene rings is 1. The lowest BCUT2D eigenvalue weighted by atomic mass is 10.1. The number of ether oxygens (including phenoxy) is 1. The standard InChI is InChI=1S/C18H17N5O2/c1-11-19-9-15(16(21-11)12-6-7-12)18(24)25-14-5-3-4-13(8-14)17-20-10-23(2)22-17/h3-5,8-10,12H,6-7H2,1-2H3. The number of hydrogen-bond acceptors (Lipinski definition) is 6. The van der Waals surface area contributed by atoms with Crippen LogP contribution in [0.25, 0.3) is 11.4 Å². The van der Waals surface area contributed by atoms with Crippen molar-refractivity contribution in [2.45, 2.75) is 25.7 Å². The Morgan fingerprint density at radius 1 is 1.28 bits per heavy atom. The van der Waals surface area contributed by atoms with Crippen LogP contribution >= 0.6 is 0 Å². The van der Waals surface area contributed by atoms with E-state index in [1.807, 2.05) is 19.1 Å². The summed E-state index contributed by atoms with van der Waals surface area (Å²) < 4.78 is 7.17. The van der Waals surface area contributed by atoms with Crippen LogP contribution < -0.4 is 4.74 Å². The average molecular weight is 335 g/mol. The molecule has 1 fully saturated rings. The fourth-order valence-electron chi connectivity index (χ4n) is 2.65. The van der Waals surface area contributed by atoms with Crippen molar-refractivity contribution in [3.8, 4) is 17.1 Å². The van der Waals surface area contributed by atoms with Gasteiger partial charge >= 0.3 is 5.97 Å². The Hall–Kier alpha value is -3.09. The Morgan fingerprint density at radius 3 is 2.84 bits per heavy atom. The van der Waals surface area contributed by atoms with E-state index in [4.69, 9.17) is 4.74 Å². The second-order valence-corrected chi connectivity index (χ2v) is 6.15. The highest BCUT2D eigenvalue weighted by molar-refractivity contribution is 5.92. The molecule has 0 N–H and O–H groups in total. The smallest absolute Gasteiger partial charge is 0.346 e. The molecule has 1 saturated carbocycles. The van der Waals surface area contributed by atoms with Crippen molar-refractivity contribution < 1.29 is 9.53 Å². The van der Waals surface area contributed by atoms with Gasteiger partial charge < -0.3 is 4.74 Å². The normalized spacial score (nSPS) is 13.7. The predicted octanol–water partition coefficient (Wildman–Crippen LogP) is 2.68. The maximum atomic E-state index is 12.6. The van der Waals surface area contributed by atoms with Crippen LogP contribution in [0.2, 0.25) is 0 Å². The highest BCUT2D eigenvalue weighted by atomic mass is 16.5. The summed E-state index contributed by atoms with van der Waals surface area (Å²) in [5.74, 6) is 1.60. The van der Waals surface area contributed by atoms with Crippen LogP contribution in [0.5, 0.6) is 5.75 Å². The molecule has 7 nitrogen and oxygen atoms in total. The summed E-state index contributed by atoms with van der Waals surface area (Å²) in [7, 11) is 1.80. The van der Waals surface area contributed by atoms with E-state index in [2.05, 4.69) is 20.1 Å². The van der Waals surface area contributed by atoms with E-state index in [1.54, 1.807) is 36.4 Å². The monoisotopic (exact) mass is 335 g/mol. The molecule has 126 valence electrons. The molecular formula is C18H17N5O2. The number of carbonyl (C=O) groups excluding carboxylic acids is 1. The number of nitrogens with zero attached hydrogens (tertiary/aromatic N) is 5. The highest BCUT2D eigenvalue weighted by Gasteiger charge is 2.31. The Kier molecular flexibility index (Phi) is 3.76. The van der Waals surface area contributed by atoms with Crippen LogP contribution in [0.4, 0.5) is 0 Å². The van der Waals surface area contributed by atoms with Gasteiger partial charge in [-0.2, -0.15) is 5.10 Å². The van der Waals surface area contributed by atoms with E-state index in [0.717, 1.165) is 24.1 Å². The summed E-state index contributed by atoms with van der Waals surface area (Å²) >= 11 is 0. The lowest BCUT2D eigenvalue weighted by molar-refractivity contribution is 0.0732. The summed E-state index contributed by atoms with van der Waals surface area (Å²) in [6.45, 7) is 1.82. The van der Waals surface area contributed by atoms with Crippen molar-refractivity contribution in [2.75, 3.05) is 0 Å². The van der Waals surface area contributed by atoms with E-state index >= 15 is 0 Å². The van der Waals surface area contributed by atoms with Gasteiger partial charge in [-0.05, 0) is 31.9 Å². The Bertz CT molecular complexity index is 946. The minimum atomic E-state index is -0.437. The van der Waals surface area contributed by atoms with Crippen LogP contribution in [0.15, 0.2) is 36.8 Å². The van der Waals surface area contributed by atoms with Crippen molar-refractivity contribution in [2.24, 2.45) is 7.05 Å². The van der Waals surface area contributed by atoms with Gasteiger partial charge in [0.05, 0.1) is 5.69 Å². The summed E-state index contributed by atoms with van der Waals surface area (Å²) in [4.78, 5) is 25.4. The van der Waals surface area contributed by atoms with Crippen molar-refractivity contribution in [3.05, 3.63) is 53.9 Å². The second-order valence-electron chi connectivity index (χ2n) is 6.15. The first-order valence-electron chi connectivity index (χ1n) is 8.12. The van der Waals surface area contributed by atoms with Crippen LogP contribution in [-0.2, 0) is 7.05 Å². The molecule has 0 unspecified atom stereocenters. The zero-order chi connectivity index (χ0) is 17.4. The van der Waals surface area contributed by atoms with Gasteiger partial charge in [-0.3, -0.25) is 4.68 Å². The number of aromatic nitrogens is 5. The molecule has 25 heavy (non-hydrogen) atoms. The van der Waals surface area contributed by atoms with Crippen molar-refractivity contribution in [1.82, 2.24) is 24.7 Å². The second kappa shape index (κ2) is 6.08. The molecule has 1 aliphatic carbocycles. The SMILES string of the molecule is Cc1ncc(C(=O)Oc2cccc(-c3ncn(C)n3)c2)c(C2CC2)n1. The summed E-state index contributed by atoms with van der Waals surface area (Å²) in [6.07, 6.45) is 5.29. The van der Waals surface area contributed by atoms with Crippen LogP contribution in [0.3, 0.4) is 0 Å². The van der Waals surface area contributed by atoms with Gasteiger partial charge in [0.15, 0.2) is 5.82 Å². The minimum Gasteiger partial charge on any atom is -0.423 e. The third kappa shape index (κ3) is 3.26. The Balaban J connectivity index is 1.59. The minimum absolute atomic E-state index is 0.341. The van der Waals surface area contributed by atoms with E-state index in [9.17, 15) is 4.79 Å². The lowest BCUT2D eigenvalue weighted by Gasteiger charge is -2.09. The third-order valence-electron chi connectivity index (χ3n) is 4.03. The predicted molar refractivity (Wildman–Crippen MR) is 90.1 cm³/mol. The Labute approximate surface area is 144 Å².